The number of benzene rings is 2. The van der Waals surface area contributed by atoms with Gasteiger partial charge < -0.3 is 14.2 Å². The van der Waals surface area contributed by atoms with Crippen LogP contribution in [0.2, 0.25) is 0 Å². The maximum atomic E-state index is 13.1. The Morgan fingerprint density at radius 1 is 1.12 bits per heavy atom. The Hall–Kier alpha value is -3.59. The van der Waals surface area contributed by atoms with Crippen LogP contribution >= 0.6 is 15.9 Å². The largest absolute Gasteiger partial charge is 0.494 e. The Labute approximate surface area is 193 Å². The van der Waals surface area contributed by atoms with Gasteiger partial charge in [0.25, 0.3) is 11.8 Å². The van der Waals surface area contributed by atoms with Gasteiger partial charge in [-0.25, -0.2) is 9.69 Å². The third-order valence-corrected chi connectivity index (χ3v) is 5.00. The number of urea groups is 1. The number of carbonyl (C=O) groups excluding carboxylic acids is 3. The summed E-state index contributed by atoms with van der Waals surface area (Å²) in [7, 11) is 1.48. The summed E-state index contributed by atoms with van der Waals surface area (Å²) in [6, 6.07) is 8.89. The number of nitrogens with zero attached hydrogens (tertiary/aromatic N) is 1. The predicted octanol–water partition coefficient (Wildman–Crippen LogP) is 4.09. The molecular formula is C23H21BrN2O6. The van der Waals surface area contributed by atoms with Crippen LogP contribution in [0.5, 0.6) is 17.2 Å². The lowest BCUT2D eigenvalue weighted by Crippen LogP contribution is -2.54. The molecule has 1 N–H and O–H groups in total. The zero-order valence-electron chi connectivity index (χ0n) is 17.5. The Bertz CT molecular complexity index is 1090. The highest BCUT2D eigenvalue weighted by Crippen LogP contribution is 2.37. The van der Waals surface area contributed by atoms with Crippen molar-refractivity contribution in [3.63, 3.8) is 0 Å². The molecular weight excluding hydrogens is 480 g/mol. The van der Waals surface area contributed by atoms with E-state index in [1.54, 1.807) is 42.5 Å². The summed E-state index contributed by atoms with van der Waals surface area (Å²) < 4.78 is 16.9. The SMILES string of the molecule is C=CCOc1c(Br)cc(/C=C2/C(=O)NC(=O)N(c3ccc(OCC)cc3)C2=O)cc1OC. The highest BCUT2D eigenvalue weighted by atomic mass is 79.9. The first-order valence-electron chi connectivity index (χ1n) is 9.65. The maximum Gasteiger partial charge on any atom is 0.335 e. The van der Waals surface area contributed by atoms with Crippen molar-refractivity contribution in [1.29, 1.82) is 0 Å². The van der Waals surface area contributed by atoms with E-state index in [0.29, 0.717) is 39.6 Å². The molecule has 0 bridgehead atoms. The van der Waals surface area contributed by atoms with Gasteiger partial charge in [0.2, 0.25) is 0 Å². The molecule has 0 aliphatic carbocycles. The zero-order chi connectivity index (χ0) is 23.3. The van der Waals surface area contributed by atoms with E-state index in [4.69, 9.17) is 14.2 Å². The molecule has 0 aromatic heterocycles. The average molecular weight is 501 g/mol. The summed E-state index contributed by atoms with van der Waals surface area (Å²) in [5.41, 5.74) is 0.604. The molecule has 0 saturated carbocycles. The molecule has 0 spiro atoms. The number of nitrogens with one attached hydrogen (secondary N) is 1. The van der Waals surface area contributed by atoms with Crippen LogP contribution in [0.1, 0.15) is 12.5 Å². The number of hydrogen-bond donors (Lipinski definition) is 1. The minimum Gasteiger partial charge on any atom is -0.494 e. The lowest BCUT2D eigenvalue weighted by atomic mass is 10.1. The number of methoxy groups -OCH3 is 1. The molecule has 0 radical (unpaired) electrons. The molecule has 32 heavy (non-hydrogen) atoms. The lowest BCUT2D eigenvalue weighted by Gasteiger charge is -2.26. The molecule has 8 nitrogen and oxygen atoms in total. The number of imide groups is 2. The first kappa shape index (κ1) is 23.1. The van der Waals surface area contributed by atoms with Gasteiger partial charge in [0, 0.05) is 0 Å². The molecule has 2 aromatic carbocycles. The van der Waals surface area contributed by atoms with Crippen molar-refractivity contribution in [3.05, 3.63) is 64.7 Å². The smallest absolute Gasteiger partial charge is 0.335 e. The Morgan fingerprint density at radius 2 is 1.84 bits per heavy atom. The van der Waals surface area contributed by atoms with Crippen LogP contribution in [0.15, 0.2) is 59.1 Å². The van der Waals surface area contributed by atoms with Crippen LogP contribution in [-0.2, 0) is 9.59 Å². The molecule has 166 valence electrons. The average Bonchev–Trinajstić information content (AvgIpc) is 2.76. The van der Waals surface area contributed by atoms with Crippen molar-refractivity contribution in [3.8, 4) is 17.2 Å². The highest BCUT2D eigenvalue weighted by Gasteiger charge is 2.36. The molecule has 2 aromatic rings. The number of halogens is 1. The van der Waals surface area contributed by atoms with Gasteiger partial charge in [0.15, 0.2) is 11.5 Å². The van der Waals surface area contributed by atoms with Crippen LogP contribution in [0.4, 0.5) is 10.5 Å². The number of barbiturate groups is 1. The molecule has 4 amide bonds. The van der Waals surface area contributed by atoms with Gasteiger partial charge >= 0.3 is 6.03 Å². The first-order valence-corrected chi connectivity index (χ1v) is 10.4. The summed E-state index contributed by atoms with van der Waals surface area (Å²) in [5.74, 6) is -0.0748. The molecule has 3 rings (SSSR count). The fraction of sp³-hybridized carbons (Fsp3) is 0.174. The fourth-order valence-corrected chi connectivity index (χ4v) is 3.60. The van der Waals surface area contributed by atoms with Gasteiger partial charge in [-0.15, -0.1) is 0 Å². The second-order valence-corrected chi connectivity index (χ2v) is 7.37. The molecule has 1 aliphatic heterocycles. The van der Waals surface area contributed by atoms with Gasteiger partial charge in [-0.05, 0) is 70.9 Å². The third-order valence-electron chi connectivity index (χ3n) is 4.42. The Kier molecular flexibility index (Phi) is 7.32. The van der Waals surface area contributed by atoms with E-state index < -0.39 is 17.8 Å². The van der Waals surface area contributed by atoms with Crippen LogP contribution in [-0.4, -0.2) is 38.2 Å². The van der Waals surface area contributed by atoms with Crippen LogP contribution in [0.25, 0.3) is 6.08 Å². The van der Waals surface area contributed by atoms with Crippen LogP contribution < -0.4 is 24.4 Å². The number of amides is 4. The predicted molar refractivity (Wildman–Crippen MR) is 123 cm³/mol. The second kappa shape index (κ2) is 10.1. The van der Waals surface area contributed by atoms with Crippen molar-refractivity contribution < 1.29 is 28.6 Å². The van der Waals surface area contributed by atoms with E-state index in [1.807, 2.05) is 6.92 Å². The van der Waals surface area contributed by atoms with E-state index in [2.05, 4.69) is 27.8 Å². The summed E-state index contributed by atoms with van der Waals surface area (Å²) in [5, 5.41) is 2.20. The third kappa shape index (κ3) is 4.83. The maximum absolute atomic E-state index is 13.1. The Balaban J connectivity index is 1.97. The highest BCUT2D eigenvalue weighted by molar-refractivity contribution is 9.10. The van der Waals surface area contributed by atoms with E-state index in [9.17, 15) is 14.4 Å². The van der Waals surface area contributed by atoms with Crippen molar-refractivity contribution in [2.75, 3.05) is 25.2 Å². The molecule has 0 atom stereocenters. The van der Waals surface area contributed by atoms with Crippen molar-refractivity contribution >= 4 is 45.5 Å². The summed E-state index contributed by atoms with van der Waals surface area (Å²) in [6.45, 7) is 6.22. The van der Waals surface area contributed by atoms with Gasteiger partial charge in [-0.2, -0.15) is 0 Å². The van der Waals surface area contributed by atoms with Crippen LogP contribution in [0, 0.1) is 0 Å². The lowest BCUT2D eigenvalue weighted by molar-refractivity contribution is -0.122. The Morgan fingerprint density at radius 3 is 2.47 bits per heavy atom. The zero-order valence-corrected chi connectivity index (χ0v) is 19.1. The van der Waals surface area contributed by atoms with Gasteiger partial charge in [0.05, 0.1) is 23.9 Å². The number of ether oxygens (including phenoxy) is 3. The van der Waals surface area contributed by atoms with Crippen molar-refractivity contribution in [2.45, 2.75) is 6.92 Å². The molecule has 1 saturated heterocycles. The van der Waals surface area contributed by atoms with Crippen molar-refractivity contribution in [2.24, 2.45) is 0 Å². The van der Waals surface area contributed by atoms with Crippen molar-refractivity contribution in [1.82, 2.24) is 5.32 Å². The summed E-state index contributed by atoms with van der Waals surface area (Å²) >= 11 is 3.41. The quantitative estimate of drug-likeness (QED) is 0.333. The number of carbonyl (C=O) groups is 3. The standard InChI is InChI=1S/C23H21BrN2O6/c1-4-10-32-20-18(24)12-14(13-19(20)30-3)11-17-21(27)25-23(29)26(22(17)28)15-6-8-16(9-7-15)31-5-2/h4,6-9,11-13H,1,5,10H2,2-3H3,(H,25,27,29)/b17-11-. The monoisotopic (exact) mass is 500 g/mol. The molecule has 9 heteroatoms. The summed E-state index contributed by atoms with van der Waals surface area (Å²) in [4.78, 5) is 38.8. The topological polar surface area (TPSA) is 94.2 Å². The van der Waals surface area contributed by atoms with E-state index in [-0.39, 0.29) is 12.2 Å². The van der Waals surface area contributed by atoms with Crippen LogP contribution in [0.3, 0.4) is 0 Å². The number of hydrogen-bond acceptors (Lipinski definition) is 6. The van der Waals surface area contributed by atoms with E-state index in [1.165, 1.54) is 13.2 Å². The molecule has 1 heterocycles. The fourth-order valence-electron chi connectivity index (χ4n) is 3.02. The van der Waals surface area contributed by atoms with Gasteiger partial charge in [-0.3, -0.25) is 14.9 Å². The minimum absolute atomic E-state index is 0.202. The molecule has 1 aliphatic rings. The summed E-state index contributed by atoms with van der Waals surface area (Å²) in [6.07, 6.45) is 2.98. The van der Waals surface area contributed by atoms with Gasteiger partial charge in [0.1, 0.15) is 17.9 Å². The minimum atomic E-state index is -0.826. The second-order valence-electron chi connectivity index (χ2n) is 6.52. The first-order chi connectivity index (χ1) is 15.4. The van der Waals surface area contributed by atoms with E-state index in [0.717, 1.165) is 4.90 Å². The number of rotatable bonds is 8. The molecule has 1 fully saturated rings. The van der Waals surface area contributed by atoms with Gasteiger partial charge in [-0.1, -0.05) is 12.7 Å². The normalized spacial score (nSPS) is 14.9. The number of anilines is 1. The molecule has 0 unspecified atom stereocenters. The van der Waals surface area contributed by atoms with E-state index >= 15 is 0 Å².